The number of para-hydroxylation sites is 1. The number of sulfone groups is 1. The molecule has 1 aliphatic rings. The maximum atomic E-state index is 13.4. The first-order valence-corrected chi connectivity index (χ1v) is 11.0. The van der Waals surface area contributed by atoms with Gasteiger partial charge >= 0.3 is 0 Å². The first-order valence-electron chi connectivity index (χ1n) is 9.47. The highest BCUT2D eigenvalue weighted by Crippen LogP contribution is 2.40. The summed E-state index contributed by atoms with van der Waals surface area (Å²) in [7, 11) is -3.94. The van der Waals surface area contributed by atoms with Crippen LogP contribution in [0.25, 0.3) is 0 Å². The van der Waals surface area contributed by atoms with Crippen molar-refractivity contribution in [3.05, 3.63) is 101 Å². The third kappa shape index (κ3) is 3.38. The third-order valence-corrected chi connectivity index (χ3v) is 6.86. The van der Waals surface area contributed by atoms with Crippen LogP contribution in [-0.2, 0) is 16.3 Å². The predicted octanol–water partition coefficient (Wildman–Crippen LogP) is 5.21. The standard InChI is InChI=1S/C24H21NO3S/c1-3-18-10-12-19(13-11-18)24(26)23-16-25(20-7-5-4-6-8-20)21-14-9-17(2)15-22(21)29(23,27)28/h4-16H,3H2,1-2H3. The van der Waals surface area contributed by atoms with Gasteiger partial charge < -0.3 is 4.90 Å². The Hall–Kier alpha value is -3.18. The van der Waals surface area contributed by atoms with E-state index < -0.39 is 15.6 Å². The number of benzene rings is 3. The summed E-state index contributed by atoms with van der Waals surface area (Å²) in [5.41, 5.74) is 3.61. The molecule has 0 fully saturated rings. The molecule has 29 heavy (non-hydrogen) atoms. The van der Waals surface area contributed by atoms with Crippen molar-refractivity contribution < 1.29 is 13.2 Å². The Bertz CT molecular complexity index is 1210. The Kier molecular flexibility index (Phi) is 4.84. The lowest BCUT2D eigenvalue weighted by Gasteiger charge is -2.29. The molecule has 3 aromatic rings. The molecule has 0 radical (unpaired) electrons. The second-order valence-electron chi connectivity index (χ2n) is 7.05. The van der Waals surface area contributed by atoms with Crippen LogP contribution in [0.2, 0.25) is 0 Å². The topological polar surface area (TPSA) is 54.5 Å². The molecule has 0 saturated heterocycles. The largest absolute Gasteiger partial charge is 0.314 e. The first-order chi connectivity index (χ1) is 13.9. The van der Waals surface area contributed by atoms with E-state index in [1.54, 1.807) is 29.2 Å². The normalized spacial score (nSPS) is 14.8. The summed E-state index contributed by atoms with van der Waals surface area (Å²) in [6, 6.07) is 21.8. The maximum absolute atomic E-state index is 13.4. The lowest BCUT2D eigenvalue weighted by Crippen LogP contribution is -2.25. The SMILES string of the molecule is CCc1ccc(C(=O)C2=CN(c3ccccc3)c3ccc(C)cc3S2(=O)=O)cc1. The van der Waals surface area contributed by atoms with Gasteiger partial charge in [0, 0.05) is 17.5 Å². The highest BCUT2D eigenvalue weighted by atomic mass is 32.2. The number of carbonyl (C=O) groups excluding carboxylic acids is 1. The zero-order chi connectivity index (χ0) is 20.6. The van der Waals surface area contributed by atoms with Gasteiger partial charge in [-0.05, 0) is 48.7 Å². The summed E-state index contributed by atoms with van der Waals surface area (Å²) in [4.78, 5) is 14.9. The van der Waals surface area contributed by atoms with E-state index in [-0.39, 0.29) is 9.80 Å². The van der Waals surface area contributed by atoms with E-state index in [1.165, 1.54) is 6.20 Å². The number of hydrogen-bond donors (Lipinski definition) is 0. The summed E-state index contributed by atoms with van der Waals surface area (Å²) >= 11 is 0. The second kappa shape index (κ2) is 7.33. The van der Waals surface area contributed by atoms with E-state index in [1.807, 2.05) is 62.4 Å². The van der Waals surface area contributed by atoms with E-state index in [4.69, 9.17) is 0 Å². The number of allylic oxidation sites excluding steroid dienone is 1. The van der Waals surface area contributed by atoms with Gasteiger partial charge in [0.2, 0.25) is 15.6 Å². The first kappa shape index (κ1) is 19.2. The molecule has 5 heteroatoms. The maximum Gasteiger partial charge on any atom is 0.214 e. The monoisotopic (exact) mass is 403 g/mol. The summed E-state index contributed by atoms with van der Waals surface area (Å²) in [5, 5.41) is 0. The van der Waals surface area contributed by atoms with Gasteiger partial charge in [-0.2, -0.15) is 0 Å². The molecule has 0 saturated carbocycles. The number of fused-ring (bicyclic) bond motifs is 1. The highest BCUT2D eigenvalue weighted by Gasteiger charge is 2.36. The fourth-order valence-electron chi connectivity index (χ4n) is 3.43. The van der Waals surface area contributed by atoms with Gasteiger partial charge in [-0.25, -0.2) is 8.42 Å². The summed E-state index contributed by atoms with van der Waals surface area (Å²) in [6.45, 7) is 3.87. The lowest BCUT2D eigenvalue weighted by atomic mass is 10.1. The third-order valence-electron chi connectivity index (χ3n) is 5.08. The van der Waals surface area contributed by atoms with Gasteiger partial charge in [0.1, 0.15) is 4.91 Å². The van der Waals surface area contributed by atoms with E-state index in [2.05, 4.69) is 0 Å². The van der Waals surface area contributed by atoms with Crippen molar-refractivity contribution in [3.63, 3.8) is 0 Å². The van der Waals surface area contributed by atoms with Gasteiger partial charge in [0.05, 0.1) is 10.6 Å². The van der Waals surface area contributed by atoms with Crippen LogP contribution in [0.4, 0.5) is 11.4 Å². The second-order valence-corrected chi connectivity index (χ2v) is 8.94. The molecule has 0 N–H and O–H groups in total. The van der Waals surface area contributed by atoms with E-state index >= 15 is 0 Å². The van der Waals surface area contributed by atoms with Crippen molar-refractivity contribution in [1.29, 1.82) is 0 Å². The smallest absolute Gasteiger partial charge is 0.214 e. The van der Waals surface area contributed by atoms with E-state index in [0.717, 1.165) is 23.2 Å². The zero-order valence-corrected chi connectivity index (χ0v) is 17.1. The molecule has 1 aliphatic heterocycles. The minimum atomic E-state index is -3.94. The minimum absolute atomic E-state index is 0.150. The van der Waals surface area contributed by atoms with Gasteiger partial charge in [-0.1, -0.05) is 55.5 Å². The zero-order valence-electron chi connectivity index (χ0n) is 16.3. The number of rotatable bonds is 4. The summed E-state index contributed by atoms with van der Waals surface area (Å²) < 4.78 is 26.7. The van der Waals surface area contributed by atoms with Gasteiger partial charge in [0.15, 0.2) is 0 Å². The average molecular weight is 404 g/mol. The van der Waals surface area contributed by atoms with Crippen molar-refractivity contribution in [2.45, 2.75) is 25.2 Å². The number of nitrogens with zero attached hydrogens (tertiary/aromatic N) is 1. The van der Waals surface area contributed by atoms with E-state index in [0.29, 0.717) is 11.3 Å². The van der Waals surface area contributed by atoms with E-state index in [9.17, 15) is 13.2 Å². The number of ketones is 1. The number of anilines is 2. The molecular formula is C24H21NO3S. The van der Waals surface area contributed by atoms with Crippen LogP contribution in [0.5, 0.6) is 0 Å². The fourth-order valence-corrected chi connectivity index (χ4v) is 5.05. The molecule has 4 rings (SSSR count). The molecule has 0 atom stereocenters. The number of aryl methyl sites for hydroxylation is 2. The molecule has 0 aliphatic carbocycles. The van der Waals surface area contributed by atoms with Crippen LogP contribution < -0.4 is 4.90 Å². The van der Waals surface area contributed by atoms with Crippen molar-refractivity contribution in [3.8, 4) is 0 Å². The molecule has 4 nitrogen and oxygen atoms in total. The lowest BCUT2D eigenvalue weighted by molar-refractivity contribution is 0.104. The summed E-state index contributed by atoms with van der Waals surface area (Å²) in [6.07, 6.45) is 2.29. The molecule has 0 aromatic heterocycles. The number of carbonyl (C=O) groups is 1. The minimum Gasteiger partial charge on any atom is -0.314 e. The Morgan fingerprint density at radius 1 is 0.931 bits per heavy atom. The quantitative estimate of drug-likeness (QED) is 0.562. The molecule has 0 amide bonds. The fraction of sp³-hybridized carbons (Fsp3) is 0.125. The van der Waals surface area contributed by atoms with Gasteiger partial charge in [-0.15, -0.1) is 0 Å². The molecule has 0 bridgehead atoms. The average Bonchev–Trinajstić information content (AvgIpc) is 2.74. The highest BCUT2D eigenvalue weighted by molar-refractivity contribution is 7.96. The van der Waals surface area contributed by atoms with Crippen LogP contribution in [-0.4, -0.2) is 14.2 Å². The van der Waals surface area contributed by atoms with Gasteiger partial charge in [0.25, 0.3) is 0 Å². The van der Waals surface area contributed by atoms with Crippen LogP contribution in [0.3, 0.4) is 0 Å². The van der Waals surface area contributed by atoms with Crippen LogP contribution in [0, 0.1) is 6.92 Å². The number of hydrogen-bond acceptors (Lipinski definition) is 4. The van der Waals surface area contributed by atoms with Crippen LogP contribution >= 0.6 is 0 Å². The molecule has 0 unspecified atom stereocenters. The predicted molar refractivity (Wildman–Crippen MR) is 115 cm³/mol. The molecule has 0 spiro atoms. The Labute approximate surface area is 171 Å². The Balaban J connectivity index is 1.90. The Morgan fingerprint density at radius 2 is 1.62 bits per heavy atom. The molecule has 3 aromatic carbocycles. The van der Waals surface area contributed by atoms with Gasteiger partial charge in [-0.3, -0.25) is 4.79 Å². The molecule has 1 heterocycles. The Morgan fingerprint density at radius 3 is 2.28 bits per heavy atom. The van der Waals surface area contributed by atoms with Crippen LogP contribution in [0.15, 0.2) is 88.8 Å². The van der Waals surface area contributed by atoms with Crippen molar-refractivity contribution in [1.82, 2.24) is 0 Å². The number of Topliss-reactive ketones (excluding diaryl/α,β-unsaturated/α-hetero) is 1. The molecule has 146 valence electrons. The van der Waals surface area contributed by atoms with Crippen molar-refractivity contribution >= 4 is 27.0 Å². The van der Waals surface area contributed by atoms with Crippen LogP contribution in [0.1, 0.15) is 28.4 Å². The molecular weight excluding hydrogens is 382 g/mol. The summed E-state index contributed by atoms with van der Waals surface area (Å²) in [5.74, 6) is -0.499. The van der Waals surface area contributed by atoms with Crippen molar-refractivity contribution in [2.24, 2.45) is 0 Å². The van der Waals surface area contributed by atoms with Crippen molar-refractivity contribution in [2.75, 3.05) is 4.90 Å².